The monoisotopic (exact) mass is 1520 g/mol. The quantitative estimate of drug-likeness (QED) is 0.0327. The van der Waals surface area contributed by atoms with Gasteiger partial charge in [-0.2, -0.15) is 0 Å². The van der Waals surface area contributed by atoms with Crippen LogP contribution in [-0.4, -0.2) is 51.2 Å². The Labute approximate surface area is 674 Å². The first-order valence-corrected chi connectivity index (χ1v) is 47.2. The van der Waals surface area contributed by atoms with E-state index in [-0.39, 0.29) is 23.0 Å². The third-order valence-corrected chi connectivity index (χ3v) is 23.0. The summed E-state index contributed by atoms with van der Waals surface area (Å²) in [6, 6.07) is 20.3. The van der Waals surface area contributed by atoms with Gasteiger partial charge in [0.25, 0.3) is 0 Å². The third-order valence-electron chi connectivity index (χ3n) is 23.0. The molecule has 10 nitrogen and oxygen atoms in total. The highest BCUT2D eigenvalue weighted by Crippen LogP contribution is 2.49. The van der Waals surface area contributed by atoms with E-state index < -0.39 is 0 Å². The molecule has 10 heteroatoms. The predicted molar refractivity (Wildman–Crippen MR) is 471 cm³/mol. The Kier molecular flexibility index (Phi) is 52.4. The average molecular weight is 1520 g/mol. The molecule has 4 aromatic carbocycles. The van der Waals surface area contributed by atoms with Crippen molar-refractivity contribution in [3.05, 3.63) is 83.2 Å². The molecule has 2 aliphatic heterocycles. The van der Waals surface area contributed by atoms with Crippen molar-refractivity contribution in [2.24, 2.45) is 0 Å². The first kappa shape index (κ1) is 93.2. The standard InChI is InChI=1S/C100H162N2O8/c1-7-13-19-25-31-37-43-49-55-61-75-105-91-73-69-85(97(107-77-63-57-51-45-39-33-27-21-15-9-3)99(91)109-79-65-59-53-47-41-35-29-23-17-11-5)83-67-71-89-87(81-83)95(103)93(101-89)94-96(104)88-82-84(68-72-90(88)102-94)86-70-74-92(106-76-62-56-50-44-38-32-26-20-14-8-2)100(110-80-66-60-54-48-42-36-30-24-18-12-6)98(86)108-78-64-58-52-46-40-34-28-22-16-10-4/h67-74,81-82,101-102H,7-66,75-80H2,1-6H3/b94-93-. The molecule has 4 aromatic rings. The van der Waals surface area contributed by atoms with Gasteiger partial charge in [-0.15, -0.1) is 0 Å². The van der Waals surface area contributed by atoms with Crippen molar-refractivity contribution < 1.29 is 38.0 Å². The van der Waals surface area contributed by atoms with E-state index in [1.807, 2.05) is 24.3 Å². The molecule has 0 saturated carbocycles. The second kappa shape index (κ2) is 61.8. The van der Waals surface area contributed by atoms with Crippen LogP contribution in [0.1, 0.15) is 448 Å². The summed E-state index contributed by atoms with van der Waals surface area (Å²) in [5.41, 5.74) is 6.27. The summed E-state index contributed by atoms with van der Waals surface area (Å²) in [5, 5.41) is 6.86. The maximum absolute atomic E-state index is 15.1. The Morgan fingerprint density at radius 3 is 0.636 bits per heavy atom. The summed E-state index contributed by atoms with van der Waals surface area (Å²) in [5.74, 6) is 3.65. The Morgan fingerprint density at radius 2 is 0.409 bits per heavy atom. The Balaban J connectivity index is 1.25. The minimum Gasteiger partial charge on any atom is -0.490 e. The van der Waals surface area contributed by atoms with Crippen molar-refractivity contribution in [3.63, 3.8) is 0 Å². The van der Waals surface area contributed by atoms with Gasteiger partial charge in [0.05, 0.1) is 39.6 Å². The maximum atomic E-state index is 15.1. The predicted octanol–water partition coefficient (Wildman–Crippen LogP) is 31.9. The van der Waals surface area contributed by atoms with Crippen LogP contribution in [0.5, 0.6) is 34.5 Å². The molecule has 620 valence electrons. The molecule has 0 bridgehead atoms. The van der Waals surface area contributed by atoms with Crippen molar-refractivity contribution in [1.29, 1.82) is 0 Å². The normalized spacial score (nSPS) is 13.1. The fourth-order valence-corrected chi connectivity index (χ4v) is 16.0. The number of hydrogen-bond donors (Lipinski definition) is 2. The second-order valence-electron chi connectivity index (χ2n) is 32.9. The fraction of sp³-hybridized carbons (Fsp3) is 0.720. The summed E-state index contributed by atoms with van der Waals surface area (Å²) in [7, 11) is 0. The molecule has 0 saturated heterocycles. The van der Waals surface area contributed by atoms with Gasteiger partial charge in [0.1, 0.15) is 11.4 Å². The summed E-state index contributed by atoms with van der Waals surface area (Å²) >= 11 is 0. The van der Waals surface area contributed by atoms with E-state index in [9.17, 15) is 0 Å². The van der Waals surface area contributed by atoms with E-state index in [1.54, 1.807) is 0 Å². The van der Waals surface area contributed by atoms with Crippen LogP contribution in [0.15, 0.2) is 72.1 Å². The number of rotatable bonds is 74. The van der Waals surface area contributed by atoms with Gasteiger partial charge in [-0.05, 0) is 98.2 Å². The Bertz CT molecular complexity index is 2860. The molecule has 0 radical (unpaired) electrons. The van der Waals surface area contributed by atoms with Crippen molar-refractivity contribution >= 4 is 22.9 Å². The highest BCUT2D eigenvalue weighted by Gasteiger charge is 2.36. The highest BCUT2D eigenvalue weighted by molar-refractivity contribution is 6.28. The molecular formula is C100H162N2O8. The van der Waals surface area contributed by atoms with E-state index in [0.29, 0.717) is 85.1 Å². The van der Waals surface area contributed by atoms with Gasteiger partial charge < -0.3 is 39.1 Å². The molecule has 0 atom stereocenters. The van der Waals surface area contributed by atoms with Gasteiger partial charge in [-0.3, -0.25) is 9.59 Å². The zero-order valence-electron chi connectivity index (χ0n) is 71.7. The molecule has 0 aliphatic carbocycles. The van der Waals surface area contributed by atoms with Crippen LogP contribution in [-0.2, 0) is 0 Å². The summed E-state index contributed by atoms with van der Waals surface area (Å²) < 4.78 is 41.3. The lowest BCUT2D eigenvalue weighted by atomic mass is 9.98. The number of ketones is 2. The van der Waals surface area contributed by atoms with Crippen molar-refractivity contribution in [2.75, 3.05) is 50.3 Å². The van der Waals surface area contributed by atoms with Crippen LogP contribution >= 0.6 is 0 Å². The Hall–Kier alpha value is -5.64. The van der Waals surface area contributed by atoms with Gasteiger partial charge in [-0.1, -0.05) is 400 Å². The highest BCUT2D eigenvalue weighted by atomic mass is 16.5. The number of hydrogen-bond acceptors (Lipinski definition) is 10. The minimum atomic E-state index is -0.229. The summed E-state index contributed by atoms with van der Waals surface area (Å²) in [4.78, 5) is 30.2. The smallest absolute Gasteiger partial charge is 0.213 e. The number of carbonyl (C=O) groups excluding carboxylic acids is 2. The van der Waals surface area contributed by atoms with Gasteiger partial charge in [0.2, 0.25) is 23.1 Å². The van der Waals surface area contributed by atoms with Crippen LogP contribution in [0.25, 0.3) is 22.3 Å². The van der Waals surface area contributed by atoms with Crippen molar-refractivity contribution in [1.82, 2.24) is 0 Å². The number of carbonyl (C=O) groups is 2. The molecule has 110 heavy (non-hydrogen) atoms. The van der Waals surface area contributed by atoms with E-state index in [4.69, 9.17) is 28.4 Å². The third kappa shape index (κ3) is 37.1. The second-order valence-corrected chi connectivity index (χ2v) is 32.9. The van der Waals surface area contributed by atoms with E-state index in [0.717, 1.165) is 111 Å². The number of fused-ring (bicyclic) bond motifs is 2. The number of unbranched alkanes of at least 4 members (excludes halogenated alkanes) is 54. The zero-order valence-corrected chi connectivity index (χ0v) is 71.7. The van der Waals surface area contributed by atoms with E-state index in [1.165, 1.54) is 308 Å². The van der Waals surface area contributed by atoms with Gasteiger partial charge >= 0.3 is 0 Å². The van der Waals surface area contributed by atoms with E-state index >= 15 is 9.59 Å². The summed E-state index contributed by atoms with van der Waals surface area (Å²) in [6.07, 6.45) is 75.1. The van der Waals surface area contributed by atoms with Crippen LogP contribution in [0.4, 0.5) is 11.4 Å². The lowest BCUT2D eigenvalue weighted by Gasteiger charge is -2.20. The topological polar surface area (TPSA) is 114 Å². The fourth-order valence-electron chi connectivity index (χ4n) is 16.0. The van der Waals surface area contributed by atoms with Gasteiger partial charge in [-0.25, -0.2) is 0 Å². The molecular weight excluding hydrogens is 1360 g/mol. The molecule has 0 spiro atoms. The van der Waals surface area contributed by atoms with Crippen LogP contribution in [0.2, 0.25) is 0 Å². The molecule has 6 rings (SSSR count). The number of allylic oxidation sites excluding steroid dienone is 2. The summed E-state index contributed by atoms with van der Waals surface area (Å²) in [6.45, 7) is 17.2. The first-order valence-electron chi connectivity index (χ1n) is 47.2. The lowest BCUT2D eigenvalue weighted by molar-refractivity contribution is 0.101. The number of nitrogens with one attached hydrogen (secondary N) is 2. The van der Waals surface area contributed by atoms with Crippen LogP contribution in [0, 0.1) is 0 Å². The molecule has 2 aliphatic rings. The molecule has 2 N–H and O–H groups in total. The average Bonchev–Trinajstić information content (AvgIpc) is 1.59. The van der Waals surface area contributed by atoms with Gasteiger partial charge in [0.15, 0.2) is 23.0 Å². The molecule has 2 heterocycles. The van der Waals surface area contributed by atoms with Gasteiger partial charge in [0, 0.05) is 33.6 Å². The molecule has 0 aromatic heterocycles. The molecule has 0 amide bonds. The molecule has 0 unspecified atom stereocenters. The minimum absolute atomic E-state index is 0.229. The number of anilines is 2. The van der Waals surface area contributed by atoms with Crippen molar-refractivity contribution in [3.8, 4) is 56.8 Å². The zero-order chi connectivity index (χ0) is 77.8. The number of benzene rings is 4. The van der Waals surface area contributed by atoms with Crippen LogP contribution in [0.3, 0.4) is 0 Å². The Morgan fingerprint density at radius 1 is 0.209 bits per heavy atom. The first-order chi connectivity index (χ1) is 54.4. The SMILES string of the molecule is CCCCCCCCCCCCOc1ccc(-c2ccc3c(c2)C(=O)/C(=C2/Nc4ccc(-c5ccc(OCCCCCCCCCCCC)c(OCCCCCCCCCCCC)c5OCCCCCCCCCCCC)cc4C2=O)N3)c(OCCCCCCCCCCCC)c1OCCCCCCCCCCCC. The maximum Gasteiger partial charge on any atom is 0.213 e. The number of Topliss-reactive ketones (excluding diaryl/α,β-unsaturated/α-hetero) is 2. The largest absolute Gasteiger partial charge is 0.490 e. The number of ether oxygens (including phenoxy) is 6. The van der Waals surface area contributed by atoms with Crippen molar-refractivity contribution in [2.45, 2.75) is 427 Å². The lowest BCUT2D eigenvalue weighted by Crippen LogP contribution is -2.13. The molecule has 0 fully saturated rings. The van der Waals surface area contributed by atoms with Crippen LogP contribution < -0.4 is 39.1 Å². The van der Waals surface area contributed by atoms with E-state index in [2.05, 4.69) is 88.6 Å².